The standard InChI is InChI=1S/C11H10BrN3O4/c1-18-10(16)6-15-5-7(4-13-15)14-11(17)8-2-3-9(12)19-8/h2-5H,6H2,1H3,(H,14,17). The lowest BCUT2D eigenvalue weighted by molar-refractivity contribution is -0.141. The van der Waals surface area contributed by atoms with Gasteiger partial charge in [0, 0.05) is 6.20 Å². The maximum absolute atomic E-state index is 11.8. The second-order valence-corrected chi connectivity index (χ2v) is 4.34. The number of furan rings is 1. The molecule has 2 rings (SSSR count). The van der Waals surface area contributed by atoms with Gasteiger partial charge in [-0.3, -0.25) is 14.3 Å². The van der Waals surface area contributed by atoms with Gasteiger partial charge in [0.05, 0.1) is 19.0 Å². The number of rotatable bonds is 4. The van der Waals surface area contributed by atoms with Gasteiger partial charge in [-0.15, -0.1) is 0 Å². The third kappa shape index (κ3) is 3.44. The largest absolute Gasteiger partial charge is 0.468 e. The lowest BCUT2D eigenvalue weighted by atomic mass is 10.4. The number of aromatic nitrogens is 2. The molecule has 0 unspecified atom stereocenters. The number of carbonyl (C=O) groups is 2. The molecule has 0 aliphatic heterocycles. The Labute approximate surface area is 116 Å². The van der Waals surface area contributed by atoms with Gasteiger partial charge in [-0.25, -0.2) is 0 Å². The Morgan fingerprint density at radius 3 is 2.95 bits per heavy atom. The van der Waals surface area contributed by atoms with Gasteiger partial charge in [0.2, 0.25) is 0 Å². The van der Waals surface area contributed by atoms with E-state index in [2.05, 4.69) is 31.1 Å². The summed E-state index contributed by atoms with van der Waals surface area (Å²) in [4.78, 5) is 22.8. The lowest BCUT2D eigenvalue weighted by Crippen LogP contribution is -2.12. The molecular formula is C11H10BrN3O4. The van der Waals surface area contributed by atoms with Crippen LogP contribution in [0.25, 0.3) is 0 Å². The zero-order chi connectivity index (χ0) is 13.8. The number of halogens is 1. The molecule has 2 heterocycles. The van der Waals surface area contributed by atoms with Crippen molar-refractivity contribution in [2.45, 2.75) is 6.54 Å². The summed E-state index contributed by atoms with van der Waals surface area (Å²) in [6, 6.07) is 3.16. The van der Waals surface area contributed by atoms with E-state index in [0.29, 0.717) is 10.4 Å². The number of amides is 1. The van der Waals surface area contributed by atoms with Crippen LogP contribution in [-0.4, -0.2) is 28.8 Å². The fraction of sp³-hybridized carbons (Fsp3) is 0.182. The highest BCUT2D eigenvalue weighted by Crippen LogP contribution is 2.15. The topological polar surface area (TPSA) is 86.4 Å². The minimum atomic E-state index is -0.420. The number of carbonyl (C=O) groups excluding carboxylic acids is 2. The second-order valence-electron chi connectivity index (χ2n) is 3.56. The number of nitrogens with one attached hydrogen (secondary N) is 1. The minimum absolute atomic E-state index is 0.0152. The predicted octanol–water partition coefficient (Wildman–Crippen LogP) is 1.66. The molecule has 0 saturated heterocycles. The number of esters is 1. The molecule has 0 aliphatic rings. The van der Waals surface area contributed by atoms with Crippen LogP contribution in [0.15, 0.2) is 33.6 Å². The third-order valence-corrected chi connectivity index (χ3v) is 2.63. The van der Waals surface area contributed by atoms with Gasteiger partial charge in [0.25, 0.3) is 5.91 Å². The zero-order valence-corrected chi connectivity index (χ0v) is 11.5. The van der Waals surface area contributed by atoms with Crippen molar-refractivity contribution < 1.29 is 18.7 Å². The number of ether oxygens (including phenoxy) is 1. The number of hydrogen-bond acceptors (Lipinski definition) is 5. The maximum Gasteiger partial charge on any atom is 0.327 e. The van der Waals surface area contributed by atoms with E-state index in [1.165, 1.54) is 30.3 Å². The molecule has 0 fully saturated rings. The maximum atomic E-state index is 11.8. The van der Waals surface area contributed by atoms with Crippen LogP contribution in [0.1, 0.15) is 10.6 Å². The van der Waals surface area contributed by atoms with E-state index in [0.717, 1.165) is 0 Å². The van der Waals surface area contributed by atoms with Gasteiger partial charge in [0.1, 0.15) is 6.54 Å². The van der Waals surface area contributed by atoms with Gasteiger partial charge < -0.3 is 14.5 Å². The molecule has 2 aromatic heterocycles. The van der Waals surface area contributed by atoms with E-state index in [1.54, 1.807) is 6.07 Å². The van der Waals surface area contributed by atoms with E-state index in [4.69, 9.17) is 4.42 Å². The van der Waals surface area contributed by atoms with E-state index in [-0.39, 0.29) is 12.3 Å². The zero-order valence-electron chi connectivity index (χ0n) is 9.92. The molecule has 0 bridgehead atoms. The van der Waals surface area contributed by atoms with Crippen LogP contribution in [-0.2, 0) is 16.1 Å². The van der Waals surface area contributed by atoms with Crippen molar-refractivity contribution in [2.24, 2.45) is 0 Å². The van der Waals surface area contributed by atoms with Gasteiger partial charge in [0.15, 0.2) is 10.4 Å². The Bertz CT molecular complexity index is 605. The fourth-order valence-electron chi connectivity index (χ4n) is 1.34. The number of anilines is 1. The van der Waals surface area contributed by atoms with Gasteiger partial charge in [-0.05, 0) is 28.1 Å². The van der Waals surface area contributed by atoms with E-state index < -0.39 is 11.9 Å². The average molecular weight is 328 g/mol. The summed E-state index contributed by atoms with van der Waals surface area (Å²) in [5.74, 6) is -0.646. The van der Waals surface area contributed by atoms with Crippen LogP contribution in [0.3, 0.4) is 0 Å². The summed E-state index contributed by atoms with van der Waals surface area (Å²) in [5, 5.41) is 6.51. The van der Waals surface area contributed by atoms with Gasteiger partial charge in [-0.1, -0.05) is 0 Å². The van der Waals surface area contributed by atoms with Crippen molar-refractivity contribution in [2.75, 3.05) is 12.4 Å². The third-order valence-electron chi connectivity index (χ3n) is 2.21. The highest BCUT2D eigenvalue weighted by Gasteiger charge is 2.12. The van der Waals surface area contributed by atoms with Gasteiger partial charge in [-0.2, -0.15) is 5.10 Å². The van der Waals surface area contributed by atoms with Crippen LogP contribution in [0, 0.1) is 0 Å². The summed E-state index contributed by atoms with van der Waals surface area (Å²) in [6.07, 6.45) is 2.95. The van der Waals surface area contributed by atoms with E-state index in [9.17, 15) is 9.59 Å². The molecule has 1 amide bonds. The summed E-state index contributed by atoms with van der Waals surface area (Å²) >= 11 is 3.11. The molecule has 0 atom stereocenters. The Morgan fingerprint density at radius 1 is 1.53 bits per heavy atom. The first kappa shape index (κ1) is 13.3. The van der Waals surface area contributed by atoms with Gasteiger partial charge >= 0.3 is 5.97 Å². The molecule has 0 spiro atoms. The number of hydrogen-bond donors (Lipinski definition) is 1. The fourth-order valence-corrected chi connectivity index (χ4v) is 1.65. The van der Waals surface area contributed by atoms with Crippen molar-refractivity contribution >= 4 is 33.5 Å². The average Bonchev–Trinajstić information content (AvgIpc) is 2.98. The van der Waals surface area contributed by atoms with Crippen molar-refractivity contribution in [3.05, 3.63) is 35.0 Å². The SMILES string of the molecule is COC(=O)Cn1cc(NC(=O)c2ccc(Br)o2)cn1. The van der Waals surface area contributed by atoms with Crippen molar-refractivity contribution in [3.63, 3.8) is 0 Å². The molecule has 7 nitrogen and oxygen atoms in total. The van der Waals surface area contributed by atoms with Crippen LogP contribution in [0.5, 0.6) is 0 Å². The van der Waals surface area contributed by atoms with E-state index >= 15 is 0 Å². The molecule has 19 heavy (non-hydrogen) atoms. The Hall–Kier alpha value is -2.09. The molecular weight excluding hydrogens is 318 g/mol. The molecule has 0 aliphatic carbocycles. The van der Waals surface area contributed by atoms with Crippen LogP contribution in [0.2, 0.25) is 0 Å². The van der Waals surface area contributed by atoms with Crippen molar-refractivity contribution in [1.82, 2.24) is 9.78 Å². The molecule has 0 radical (unpaired) electrons. The van der Waals surface area contributed by atoms with Crippen molar-refractivity contribution in [1.29, 1.82) is 0 Å². The number of nitrogens with zero attached hydrogens (tertiary/aromatic N) is 2. The summed E-state index contributed by atoms with van der Waals surface area (Å²) in [5.41, 5.74) is 0.460. The second kappa shape index (κ2) is 5.70. The first-order valence-electron chi connectivity index (χ1n) is 5.24. The lowest BCUT2D eigenvalue weighted by Gasteiger charge is -1.99. The summed E-state index contributed by atoms with van der Waals surface area (Å²) in [6.45, 7) is -0.0152. The summed E-state index contributed by atoms with van der Waals surface area (Å²) in [7, 11) is 1.29. The molecule has 0 aromatic carbocycles. The van der Waals surface area contributed by atoms with Crippen LogP contribution >= 0.6 is 15.9 Å². The number of methoxy groups -OCH3 is 1. The molecule has 8 heteroatoms. The minimum Gasteiger partial charge on any atom is -0.468 e. The first-order valence-corrected chi connectivity index (χ1v) is 6.04. The quantitative estimate of drug-likeness (QED) is 0.863. The monoisotopic (exact) mass is 327 g/mol. The van der Waals surface area contributed by atoms with E-state index in [1.807, 2.05) is 0 Å². The Morgan fingerprint density at radius 2 is 2.32 bits per heavy atom. The molecule has 0 saturated carbocycles. The highest BCUT2D eigenvalue weighted by molar-refractivity contribution is 9.10. The smallest absolute Gasteiger partial charge is 0.327 e. The van der Waals surface area contributed by atoms with Crippen molar-refractivity contribution in [3.8, 4) is 0 Å². The molecule has 2 aromatic rings. The van der Waals surface area contributed by atoms with Crippen LogP contribution in [0.4, 0.5) is 5.69 Å². The predicted molar refractivity (Wildman–Crippen MR) is 68.6 cm³/mol. The summed E-state index contributed by atoms with van der Waals surface area (Å²) < 4.78 is 11.5. The normalized spacial score (nSPS) is 10.2. The highest BCUT2D eigenvalue weighted by atomic mass is 79.9. The van der Waals surface area contributed by atoms with Crippen LogP contribution < -0.4 is 5.32 Å². The Kier molecular flexibility index (Phi) is 4.00. The first-order chi connectivity index (χ1) is 9.08. The molecule has 1 N–H and O–H groups in total. The Balaban J connectivity index is 2.00. The molecule has 100 valence electrons.